The van der Waals surface area contributed by atoms with Crippen molar-refractivity contribution in [1.82, 2.24) is 5.32 Å². The van der Waals surface area contributed by atoms with Crippen LogP contribution in [0.3, 0.4) is 0 Å². The van der Waals surface area contributed by atoms with E-state index in [1.54, 1.807) is 31.2 Å². The zero-order valence-electron chi connectivity index (χ0n) is 14.5. The second kappa shape index (κ2) is 6.42. The van der Waals surface area contributed by atoms with Crippen LogP contribution < -0.4 is 5.32 Å². The second-order valence-electron chi connectivity index (χ2n) is 8.24. The van der Waals surface area contributed by atoms with Crippen LogP contribution in [0.1, 0.15) is 55.8 Å². The average molecular weight is 406 g/mol. The van der Waals surface area contributed by atoms with Crippen LogP contribution in [-0.2, 0) is 9.53 Å². The topological polar surface area (TPSA) is 55.4 Å². The van der Waals surface area contributed by atoms with E-state index in [-0.39, 0.29) is 11.4 Å². The summed E-state index contributed by atoms with van der Waals surface area (Å²) in [6, 6.07) is 6.96. The third-order valence-corrected chi connectivity index (χ3v) is 6.69. The van der Waals surface area contributed by atoms with Crippen LogP contribution in [0.2, 0.25) is 0 Å². The van der Waals surface area contributed by atoms with Crippen molar-refractivity contribution in [2.24, 2.45) is 17.8 Å². The van der Waals surface area contributed by atoms with Gasteiger partial charge in [-0.1, -0.05) is 15.9 Å². The number of halogens is 1. The van der Waals surface area contributed by atoms with Crippen molar-refractivity contribution in [3.63, 3.8) is 0 Å². The molecule has 1 atom stereocenters. The molecule has 0 spiro atoms. The van der Waals surface area contributed by atoms with Crippen LogP contribution >= 0.6 is 15.9 Å². The fourth-order valence-corrected chi connectivity index (χ4v) is 5.76. The smallest absolute Gasteiger partial charge is 0.338 e. The number of hydrogen-bond acceptors (Lipinski definition) is 3. The van der Waals surface area contributed by atoms with Gasteiger partial charge in [0, 0.05) is 10.0 Å². The first kappa shape index (κ1) is 17.1. The predicted octanol–water partition coefficient (Wildman–Crippen LogP) is 4.08. The number of carbonyl (C=O) groups is 2. The van der Waals surface area contributed by atoms with E-state index in [0.29, 0.717) is 5.56 Å². The summed E-state index contributed by atoms with van der Waals surface area (Å²) in [7, 11) is 0. The number of rotatable bonds is 4. The maximum atomic E-state index is 12.7. The van der Waals surface area contributed by atoms with E-state index in [9.17, 15) is 9.59 Å². The van der Waals surface area contributed by atoms with Gasteiger partial charge in [-0.15, -0.1) is 0 Å². The van der Waals surface area contributed by atoms with Gasteiger partial charge in [0.15, 0.2) is 6.10 Å². The van der Waals surface area contributed by atoms with Gasteiger partial charge in [-0.05, 0) is 87.5 Å². The zero-order valence-corrected chi connectivity index (χ0v) is 16.1. The molecule has 1 N–H and O–H groups in total. The van der Waals surface area contributed by atoms with Crippen molar-refractivity contribution in [1.29, 1.82) is 0 Å². The lowest BCUT2D eigenvalue weighted by atomic mass is 9.53. The highest BCUT2D eigenvalue weighted by Crippen LogP contribution is 2.55. The van der Waals surface area contributed by atoms with Crippen molar-refractivity contribution in [3.05, 3.63) is 34.3 Å². The van der Waals surface area contributed by atoms with Gasteiger partial charge in [-0.25, -0.2) is 4.79 Å². The molecule has 4 aliphatic carbocycles. The lowest BCUT2D eigenvalue weighted by Crippen LogP contribution is -2.61. The van der Waals surface area contributed by atoms with Gasteiger partial charge in [0.25, 0.3) is 5.91 Å². The van der Waals surface area contributed by atoms with Crippen LogP contribution in [0.25, 0.3) is 0 Å². The summed E-state index contributed by atoms with van der Waals surface area (Å²) in [5.74, 6) is 1.69. The lowest BCUT2D eigenvalue weighted by Gasteiger charge is -2.57. The summed E-state index contributed by atoms with van der Waals surface area (Å²) < 4.78 is 6.29. The fourth-order valence-electron chi connectivity index (χ4n) is 5.49. The molecular weight excluding hydrogens is 382 g/mol. The first-order valence-corrected chi connectivity index (χ1v) is 10.0. The Labute approximate surface area is 156 Å². The largest absolute Gasteiger partial charge is 0.449 e. The van der Waals surface area contributed by atoms with E-state index in [0.717, 1.165) is 41.5 Å². The molecule has 0 aliphatic heterocycles. The summed E-state index contributed by atoms with van der Waals surface area (Å²) in [5.41, 5.74) is 0.405. The summed E-state index contributed by atoms with van der Waals surface area (Å²) in [6.07, 6.45) is 6.52. The molecule has 0 saturated heterocycles. The number of carbonyl (C=O) groups excluding carboxylic acids is 2. The minimum absolute atomic E-state index is 0.0515. The normalized spacial score (nSPS) is 33.8. The molecule has 5 heteroatoms. The Morgan fingerprint density at radius 3 is 2.12 bits per heavy atom. The molecule has 1 aromatic carbocycles. The molecule has 0 radical (unpaired) electrons. The highest BCUT2D eigenvalue weighted by molar-refractivity contribution is 9.10. The summed E-state index contributed by atoms with van der Waals surface area (Å²) in [5, 5.41) is 3.27. The molecule has 134 valence electrons. The Hall–Kier alpha value is -1.36. The SMILES string of the molecule is C[C@@H](OC(=O)c1ccc(Br)cc1)C(=O)NC12CC3CC(CC(C3)C1)C2. The molecule has 5 rings (SSSR count). The highest BCUT2D eigenvalue weighted by atomic mass is 79.9. The van der Waals surface area contributed by atoms with E-state index in [4.69, 9.17) is 4.74 Å². The molecular formula is C20H24BrNO3. The Morgan fingerprint density at radius 2 is 1.60 bits per heavy atom. The van der Waals surface area contributed by atoms with Gasteiger partial charge in [0.1, 0.15) is 0 Å². The molecule has 4 bridgehead atoms. The molecule has 1 amide bonds. The van der Waals surface area contributed by atoms with Gasteiger partial charge < -0.3 is 10.1 Å². The first-order chi connectivity index (χ1) is 11.9. The number of ether oxygens (including phenoxy) is 1. The minimum atomic E-state index is -0.774. The minimum Gasteiger partial charge on any atom is -0.449 e. The van der Waals surface area contributed by atoms with Gasteiger partial charge in [-0.2, -0.15) is 0 Å². The molecule has 25 heavy (non-hydrogen) atoms. The monoisotopic (exact) mass is 405 g/mol. The van der Waals surface area contributed by atoms with Crippen LogP contribution in [-0.4, -0.2) is 23.5 Å². The van der Waals surface area contributed by atoms with Crippen molar-refractivity contribution >= 4 is 27.8 Å². The molecule has 4 nitrogen and oxygen atoms in total. The summed E-state index contributed by atoms with van der Waals surface area (Å²) >= 11 is 3.34. The van der Waals surface area contributed by atoms with Crippen molar-refractivity contribution < 1.29 is 14.3 Å². The molecule has 4 aliphatic rings. The van der Waals surface area contributed by atoms with Gasteiger partial charge >= 0.3 is 5.97 Å². The van der Waals surface area contributed by atoms with Crippen LogP contribution in [0.4, 0.5) is 0 Å². The van der Waals surface area contributed by atoms with Crippen molar-refractivity contribution in [2.45, 2.75) is 57.1 Å². The zero-order chi connectivity index (χ0) is 17.6. The van der Waals surface area contributed by atoms with E-state index in [1.807, 2.05) is 0 Å². The number of hydrogen-bond donors (Lipinski definition) is 1. The van der Waals surface area contributed by atoms with Gasteiger partial charge in [0.2, 0.25) is 0 Å². The van der Waals surface area contributed by atoms with Crippen LogP contribution in [0.5, 0.6) is 0 Å². The van der Waals surface area contributed by atoms with Gasteiger partial charge in [0.05, 0.1) is 5.56 Å². The van der Waals surface area contributed by atoms with Crippen LogP contribution in [0.15, 0.2) is 28.7 Å². The van der Waals surface area contributed by atoms with Crippen LogP contribution in [0, 0.1) is 17.8 Å². The van der Waals surface area contributed by atoms with E-state index in [1.165, 1.54) is 19.3 Å². The Balaban J connectivity index is 1.38. The maximum Gasteiger partial charge on any atom is 0.338 e. The Bertz CT molecular complexity index is 649. The van der Waals surface area contributed by atoms with E-state index in [2.05, 4.69) is 21.2 Å². The van der Waals surface area contributed by atoms with Crippen molar-refractivity contribution in [2.75, 3.05) is 0 Å². The third kappa shape index (κ3) is 3.48. The Kier molecular flexibility index (Phi) is 4.38. The molecule has 0 unspecified atom stereocenters. The number of benzene rings is 1. The molecule has 4 fully saturated rings. The fraction of sp³-hybridized carbons (Fsp3) is 0.600. The Morgan fingerprint density at radius 1 is 1.08 bits per heavy atom. The van der Waals surface area contributed by atoms with Gasteiger partial charge in [-0.3, -0.25) is 4.79 Å². The molecule has 4 saturated carbocycles. The average Bonchev–Trinajstić information content (AvgIpc) is 2.53. The second-order valence-corrected chi connectivity index (χ2v) is 9.16. The standard InChI is InChI=1S/C20H24BrNO3/c1-12(25-19(24)16-2-4-17(21)5-3-16)18(23)22-20-9-13-6-14(10-20)8-15(7-13)11-20/h2-5,12-15H,6-11H2,1H3,(H,22,23)/t12-,13?,14?,15?,20?/m1/s1. The predicted molar refractivity (Wildman–Crippen MR) is 98.1 cm³/mol. The maximum absolute atomic E-state index is 12.7. The van der Waals surface area contributed by atoms with E-state index >= 15 is 0 Å². The molecule has 0 aromatic heterocycles. The quantitative estimate of drug-likeness (QED) is 0.767. The summed E-state index contributed by atoms with van der Waals surface area (Å²) in [4.78, 5) is 24.9. The molecule has 0 heterocycles. The number of nitrogens with one attached hydrogen (secondary N) is 1. The highest BCUT2D eigenvalue weighted by Gasteiger charge is 2.51. The molecule has 1 aromatic rings. The number of amides is 1. The first-order valence-electron chi connectivity index (χ1n) is 9.21. The van der Waals surface area contributed by atoms with Crippen molar-refractivity contribution in [3.8, 4) is 0 Å². The lowest BCUT2D eigenvalue weighted by molar-refractivity contribution is -0.134. The third-order valence-electron chi connectivity index (χ3n) is 6.16. The van der Waals surface area contributed by atoms with E-state index < -0.39 is 12.1 Å². The summed E-state index contributed by atoms with van der Waals surface area (Å²) in [6.45, 7) is 1.66. The number of esters is 1.